The fraction of sp³-hybridized carbons (Fsp3) is 0.0882. The van der Waals surface area contributed by atoms with Gasteiger partial charge in [0.1, 0.15) is 0 Å². The Morgan fingerprint density at radius 1 is 0.514 bits per heavy atom. The number of fused-ring (bicyclic) bond motifs is 2. The van der Waals surface area contributed by atoms with Gasteiger partial charge in [0.2, 0.25) is 0 Å². The van der Waals surface area contributed by atoms with Crippen molar-refractivity contribution < 1.29 is 20.0 Å². The summed E-state index contributed by atoms with van der Waals surface area (Å²) in [7, 11) is 0. The Morgan fingerprint density at radius 3 is 1.23 bits per heavy atom. The second-order valence-corrected chi connectivity index (χ2v) is 8.97. The van der Waals surface area contributed by atoms with Crippen LogP contribution in [-0.4, -0.2) is 4.31 Å². The first-order chi connectivity index (χ1) is 17.3. The average molecular weight is 488 g/mol. The van der Waals surface area contributed by atoms with E-state index in [0.717, 1.165) is 12.8 Å². The summed E-state index contributed by atoms with van der Waals surface area (Å²) in [5, 5.41) is 5.32. The quantitative estimate of drug-likeness (QED) is 0.172. The van der Waals surface area contributed by atoms with Crippen molar-refractivity contribution in [2.45, 2.75) is 19.8 Å². The molecule has 0 unspecified atom stereocenters. The second-order valence-electron chi connectivity index (χ2n) is 8.07. The Labute approximate surface area is 221 Å². The summed E-state index contributed by atoms with van der Waals surface area (Å²) in [6.07, 6.45) is 2.26. The summed E-state index contributed by atoms with van der Waals surface area (Å²) in [4.78, 5) is 0. The third-order valence-corrected chi connectivity index (χ3v) is 5.48. The molecule has 0 saturated heterocycles. The van der Waals surface area contributed by atoms with Gasteiger partial charge in [-0.05, 0) is 24.0 Å². The van der Waals surface area contributed by atoms with E-state index in [0.29, 0.717) is 0 Å². The topological polar surface area (TPSA) is 0 Å². The van der Waals surface area contributed by atoms with Crippen LogP contribution in [0.25, 0.3) is 21.5 Å². The van der Waals surface area contributed by atoms with Crippen molar-refractivity contribution in [2.75, 3.05) is 0 Å². The molecule has 0 fully saturated rings. The molecule has 0 saturated carbocycles. The zero-order chi connectivity index (χ0) is 24.6. The Bertz CT molecular complexity index is 1190. The minimum atomic E-state index is 1.13. The number of rotatable bonds is 3. The number of benzene rings is 4. The molecule has 6 aromatic rings. The molecule has 0 aliphatic heterocycles. The van der Waals surface area contributed by atoms with E-state index >= 15 is 0 Å². The predicted molar refractivity (Wildman–Crippen MR) is 151 cm³/mol. The van der Waals surface area contributed by atoms with E-state index < -0.39 is 0 Å². The normalized spacial score (nSPS) is 9.69. The van der Waals surface area contributed by atoms with Crippen molar-refractivity contribution in [3.8, 4) is 0 Å². The van der Waals surface area contributed by atoms with Gasteiger partial charge in [-0.1, -0.05) is 72.8 Å². The molecule has 0 radical (unpaired) electrons. The van der Waals surface area contributed by atoms with Crippen LogP contribution in [0.15, 0.2) is 146 Å². The van der Waals surface area contributed by atoms with Gasteiger partial charge >= 0.3 is 31.2 Å². The van der Waals surface area contributed by atoms with Crippen molar-refractivity contribution in [1.82, 2.24) is 0 Å². The van der Waals surface area contributed by atoms with E-state index in [1.54, 1.807) is 0 Å². The van der Waals surface area contributed by atoms with Crippen LogP contribution in [0.1, 0.15) is 18.1 Å². The zero-order valence-electron chi connectivity index (χ0n) is 20.3. The molecule has 172 valence electrons. The van der Waals surface area contributed by atoms with E-state index in [2.05, 4.69) is 146 Å². The molecule has 1 heteroatoms. The Morgan fingerprint density at radius 2 is 0.857 bits per heavy atom. The fourth-order valence-corrected chi connectivity index (χ4v) is 3.72. The predicted octanol–water partition coefficient (Wildman–Crippen LogP) is 8.94. The summed E-state index contributed by atoms with van der Waals surface area (Å²) in [6, 6.07) is 50.6. The van der Waals surface area contributed by atoms with Crippen LogP contribution < -0.4 is 0 Å². The van der Waals surface area contributed by atoms with E-state index in [-0.39, 0.29) is 0 Å². The van der Waals surface area contributed by atoms with Crippen LogP contribution in [0.4, 0.5) is 0 Å². The van der Waals surface area contributed by atoms with Gasteiger partial charge in [0.15, 0.2) is 0 Å². The molecule has 0 nitrogen and oxygen atoms in total. The molecule has 0 aliphatic carbocycles. The molecule has 0 bridgehead atoms. The van der Waals surface area contributed by atoms with E-state index in [1.807, 2.05) is 31.2 Å². The number of hydrogen-bond acceptors (Lipinski definition) is 0. The van der Waals surface area contributed by atoms with E-state index in [4.69, 9.17) is 0 Å². The van der Waals surface area contributed by atoms with Crippen LogP contribution in [0.3, 0.4) is 0 Å². The van der Waals surface area contributed by atoms with Crippen molar-refractivity contribution in [1.29, 1.82) is 0 Å². The monoisotopic (exact) mass is 488 g/mol. The minimum absolute atomic E-state index is 1.13. The Kier molecular flexibility index (Phi) is 11.7. The second kappa shape index (κ2) is 15.6. The molecule has 6 rings (SSSR count). The molecular formula is C34H32Ti. The summed E-state index contributed by atoms with van der Waals surface area (Å²) in [5.41, 5.74) is 2.83. The standard InChI is InChI=1S/C14H14.2C9H7.C2H4.Ti/c1-3-7-13(8-4-1)11-12-14-9-5-2-6-10-14;2*1-2-5-9-7-3-6-8(9)4-1;1-2;/h1-10H,11-12H2;2*1-7H;1H,2H3;/q;2*-1;;+2. The van der Waals surface area contributed by atoms with Gasteiger partial charge in [0.05, 0.1) is 0 Å². The summed E-state index contributed by atoms with van der Waals surface area (Å²) in [5.74, 6) is 0. The van der Waals surface area contributed by atoms with Crippen molar-refractivity contribution in [2.24, 2.45) is 0 Å². The maximum Gasteiger partial charge on any atom is -0.0238 e. The van der Waals surface area contributed by atoms with Crippen molar-refractivity contribution in [3.05, 3.63) is 157 Å². The summed E-state index contributed by atoms with van der Waals surface area (Å²) in [6.45, 7) is 2.00. The van der Waals surface area contributed by atoms with Crippen molar-refractivity contribution in [3.63, 3.8) is 0 Å². The first-order valence-electron chi connectivity index (χ1n) is 12.0. The molecule has 0 amide bonds. The summed E-state index contributed by atoms with van der Waals surface area (Å²) >= 11 is 2.00. The first-order valence-corrected chi connectivity index (χ1v) is 12.9. The molecule has 6 aromatic carbocycles. The molecule has 35 heavy (non-hydrogen) atoms. The zero-order valence-corrected chi connectivity index (χ0v) is 21.9. The van der Waals surface area contributed by atoms with Crippen LogP contribution in [0.5, 0.6) is 0 Å². The van der Waals surface area contributed by atoms with Gasteiger partial charge < -0.3 is 0 Å². The van der Waals surface area contributed by atoms with Crippen LogP contribution in [-0.2, 0) is 32.8 Å². The fourth-order valence-electron chi connectivity index (χ4n) is 3.72. The largest absolute Gasteiger partial charge is 0.168 e. The maximum absolute atomic E-state index is 2.18. The molecule has 0 N–H and O–H groups in total. The number of hydrogen-bond donors (Lipinski definition) is 0. The molecule has 0 aromatic heterocycles. The maximum atomic E-state index is 2.18. The minimum Gasteiger partial charge on any atom is -0.168 e. The molecule has 0 aliphatic rings. The molecule has 0 heterocycles. The Hall–Kier alpha value is -3.32. The van der Waals surface area contributed by atoms with Gasteiger partial charge in [-0.25, -0.2) is 0 Å². The van der Waals surface area contributed by atoms with Crippen LogP contribution in [0, 0.1) is 0 Å². The third-order valence-electron chi connectivity index (χ3n) is 5.48. The smallest absolute Gasteiger partial charge is 0.0238 e. The van der Waals surface area contributed by atoms with E-state index in [1.165, 1.54) is 32.7 Å². The first kappa shape index (κ1) is 26.3. The molecule has 0 atom stereocenters. The van der Waals surface area contributed by atoms with Crippen LogP contribution >= 0.6 is 0 Å². The average Bonchev–Trinajstić information content (AvgIpc) is 3.60. The van der Waals surface area contributed by atoms with Gasteiger partial charge in [-0.3, -0.25) is 0 Å². The SMILES string of the molecule is C[CH]=[Ti+2].c1ccc(CCc2ccccc2)cc1.c1ccc2[cH-]ccc2c1.c1ccc2[cH-]ccc2c1. The van der Waals surface area contributed by atoms with Gasteiger partial charge in [0, 0.05) is 0 Å². The van der Waals surface area contributed by atoms with Crippen molar-refractivity contribution >= 4 is 25.9 Å². The van der Waals surface area contributed by atoms with Crippen LogP contribution in [0.2, 0.25) is 0 Å². The van der Waals surface area contributed by atoms with Gasteiger partial charge in [-0.2, -0.15) is 35.0 Å². The van der Waals surface area contributed by atoms with E-state index in [9.17, 15) is 0 Å². The summed E-state index contributed by atoms with van der Waals surface area (Å²) < 4.78 is 2.00. The molecule has 0 spiro atoms. The van der Waals surface area contributed by atoms with Gasteiger partial charge in [-0.15, -0.1) is 59.3 Å². The Balaban J connectivity index is 0.000000143. The third kappa shape index (κ3) is 9.45. The molecular weight excluding hydrogens is 456 g/mol. The van der Waals surface area contributed by atoms with Gasteiger partial charge in [0.25, 0.3) is 0 Å². The number of aryl methyl sites for hydroxylation is 2.